The summed E-state index contributed by atoms with van der Waals surface area (Å²) in [5.41, 5.74) is 3.58. The van der Waals surface area contributed by atoms with Gasteiger partial charge in [-0.2, -0.15) is 0 Å². The number of hydrogen-bond acceptors (Lipinski definition) is 4. The van der Waals surface area contributed by atoms with Crippen molar-refractivity contribution in [3.05, 3.63) is 70.5 Å². The number of halogens is 1. The van der Waals surface area contributed by atoms with E-state index in [9.17, 15) is 0 Å². The van der Waals surface area contributed by atoms with Crippen LogP contribution in [0.15, 0.2) is 42.6 Å². The summed E-state index contributed by atoms with van der Waals surface area (Å²) in [7, 11) is 0. The maximum atomic E-state index is 6.22. The smallest absolute Gasteiger partial charge is 0.151 e. The van der Waals surface area contributed by atoms with E-state index in [-0.39, 0.29) is 0 Å². The molecule has 1 fully saturated rings. The highest BCUT2D eigenvalue weighted by atomic mass is 35.5. The normalized spacial score (nSPS) is 22.0. The molecule has 0 radical (unpaired) electrons. The Labute approximate surface area is 163 Å². The number of pyridine rings is 1. The van der Waals surface area contributed by atoms with Crippen LogP contribution in [0.2, 0.25) is 5.02 Å². The standard InChI is InChI=1S/C21H22ClN5/c22-17-8-9-19-16(11-17)12-23-13-20-25-26-21(27(19)20)15-6-4-14(5-7-15)18-3-1-2-10-24-18/h1-3,8-11,14-15,23H,4-7,12-13H2. The van der Waals surface area contributed by atoms with Crippen LogP contribution in [0.25, 0.3) is 5.69 Å². The summed E-state index contributed by atoms with van der Waals surface area (Å²) in [5, 5.41) is 13.3. The number of rotatable bonds is 2. The molecule has 0 amide bonds. The maximum Gasteiger partial charge on any atom is 0.151 e. The minimum absolute atomic E-state index is 0.438. The number of benzene rings is 1. The Kier molecular flexibility index (Phi) is 4.42. The molecule has 0 atom stereocenters. The summed E-state index contributed by atoms with van der Waals surface area (Å²) in [6.07, 6.45) is 6.44. The molecule has 5 nitrogen and oxygen atoms in total. The monoisotopic (exact) mass is 379 g/mol. The molecule has 6 heteroatoms. The summed E-state index contributed by atoms with van der Waals surface area (Å²) in [6, 6.07) is 12.3. The van der Waals surface area contributed by atoms with Crippen LogP contribution in [0.4, 0.5) is 0 Å². The fourth-order valence-electron chi connectivity index (χ4n) is 4.46. The van der Waals surface area contributed by atoms with Gasteiger partial charge in [-0.25, -0.2) is 0 Å². The van der Waals surface area contributed by atoms with Crippen molar-refractivity contribution in [3.63, 3.8) is 0 Å². The number of nitrogens with zero attached hydrogens (tertiary/aromatic N) is 4. The number of hydrogen-bond donors (Lipinski definition) is 1. The first-order valence-corrected chi connectivity index (χ1v) is 10.0. The van der Waals surface area contributed by atoms with Crippen molar-refractivity contribution in [1.82, 2.24) is 25.1 Å². The van der Waals surface area contributed by atoms with Gasteiger partial charge in [0.25, 0.3) is 0 Å². The van der Waals surface area contributed by atoms with Crippen LogP contribution in [0.3, 0.4) is 0 Å². The predicted octanol–water partition coefficient (Wildman–Crippen LogP) is 4.36. The third-order valence-electron chi connectivity index (χ3n) is 5.83. The van der Waals surface area contributed by atoms with E-state index >= 15 is 0 Å². The van der Waals surface area contributed by atoms with Gasteiger partial charge in [-0.05, 0) is 61.6 Å². The van der Waals surface area contributed by atoms with Crippen LogP contribution in [-0.2, 0) is 13.1 Å². The summed E-state index contributed by atoms with van der Waals surface area (Å²) in [4.78, 5) is 4.56. The van der Waals surface area contributed by atoms with E-state index < -0.39 is 0 Å². The average molecular weight is 380 g/mol. The molecule has 27 heavy (non-hydrogen) atoms. The van der Waals surface area contributed by atoms with Crippen molar-refractivity contribution in [1.29, 1.82) is 0 Å². The van der Waals surface area contributed by atoms with E-state index in [4.69, 9.17) is 11.6 Å². The zero-order valence-corrected chi connectivity index (χ0v) is 15.9. The van der Waals surface area contributed by atoms with E-state index in [1.54, 1.807) is 0 Å². The zero-order chi connectivity index (χ0) is 18.2. The molecule has 3 aromatic rings. The lowest BCUT2D eigenvalue weighted by molar-refractivity contribution is 0.377. The van der Waals surface area contributed by atoms with Gasteiger partial charge in [0.05, 0.1) is 12.2 Å². The Morgan fingerprint density at radius 2 is 1.81 bits per heavy atom. The Balaban J connectivity index is 1.44. The van der Waals surface area contributed by atoms with E-state index in [2.05, 4.69) is 43.3 Å². The third kappa shape index (κ3) is 3.15. The van der Waals surface area contributed by atoms with Crippen LogP contribution in [0.1, 0.15) is 60.4 Å². The van der Waals surface area contributed by atoms with Gasteiger partial charge in [0.15, 0.2) is 5.82 Å². The quantitative estimate of drug-likeness (QED) is 0.718. The first-order valence-electron chi connectivity index (χ1n) is 9.64. The third-order valence-corrected chi connectivity index (χ3v) is 6.07. The number of nitrogens with one attached hydrogen (secondary N) is 1. The zero-order valence-electron chi connectivity index (χ0n) is 15.1. The molecule has 1 aliphatic heterocycles. The molecule has 1 N–H and O–H groups in total. The molecule has 5 rings (SSSR count). The minimum atomic E-state index is 0.438. The van der Waals surface area contributed by atoms with Gasteiger partial charge in [-0.3, -0.25) is 9.55 Å². The van der Waals surface area contributed by atoms with Crippen molar-refractivity contribution in [2.24, 2.45) is 0 Å². The minimum Gasteiger partial charge on any atom is -0.306 e. The second-order valence-corrected chi connectivity index (χ2v) is 7.93. The lowest BCUT2D eigenvalue weighted by Gasteiger charge is -2.28. The fourth-order valence-corrected chi connectivity index (χ4v) is 4.65. The molecule has 0 bridgehead atoms. The Bertz CT molecular complexity index is 944. The predicted molar refractivity (Wildman–Crippen MR) is 105 cm³/mol. The van der Waals surface area contributed by atoms with Gasteiger partial charge in [-0.1, -0.05) is 17.7 Å². The summed E-state index contributed by atoms with van der Waals surface area (Å²) in [5.74, 6) is 3.07. The summed E-state index contributed by atoms with van der Waals surface area (Å²) in [6.45, 7) is 1.52. The Morgan fingerprint density at radius 1 is 0.963 bits per heavy atom. The van der Waals surface area contributed by atoms with Crippen molar-refractivity contribution < 1.29 is 0 Å². The van der Waals surface area contributed by atoms with Gasteiger partial charge >= 0.3 is 0 Å². The van der Waals surface area contributed by atoms with Crippen molar-refractivity contribution in [2.75, 3.05) is 0 Å². The lowest BCUT2D eigenvalue weighted by Crippen LogP contribution is -2.17. The van der Waals surface area contributed by atoms with E-state index in [1.165, 1.54) is 11.3 Å². The first kappa shape index (κ1) is 16.9. The van der Waals surface area contributed by atoms with E-state index in [0.717, 1.165) is 61.1 Å². The molecule has 1 aromatic carbocycles. The molecule has 2 aromatic heterocycles. The largest absolute Gasteiger partial charge is 0.306 e. The number of fused-ring (bicyclic) bond motifs is 3. The van der Waals surface area contributed by atoms with Gasteiger partial charge in [0, 0.05) is 35.3 Å². The molecular formula is C21H22ClN5. The lowest BCUT2D eigenvalue weighted by atomic mass is 9.80. The van der Waals surface area contributed by atoms with Gasteiger partial charge in [0.2, 0.25) is 0 Å². The van der Waals surface area contributed by atoms with Crippen LogP contribution in [0, 0.1) is 0 Å². The van der Waals surface area contributed by atoms with Crippen LogP contribution >= 0.6 is 11.6 Å². The van der Waals surface area contributed by atoms with Crippen LogP contribution in [0.5, 0.6) is 0 Å². The molecule has 1 saturated carbocycles. The van der Waals surface area contributed by atoms with Crippen molar-refractivity contribution in [2.45, 2.75) is 50.6 Å². The van der Waals surface area contributed by atoms with E-state index in [1.807, 2.05) is 24.4 Å². The van der Waals surface area contributed by atoms with Crippen LogP contribution in [-0.4, -0.2) is 19.7 Å². The molecule has 3 heterocycles. The SMILES string of the molecule is Clc1ccc2c(c1)CNCc1nnc(C3CCC(c4ccccn4)CC3)n1-2. The Hall–Kier alpha value is -2.24. The first-order chi connectivity index (χ1) is 13.3. The second kappa shape index (κ2) is 7.06. The Morgan fingerprint density at radius 3 is 2.63 bits per heavy atom. The average Bonchev–Trinajstić information content (AvgIpc) is 3.04. The fraction of sp³-hybridized carbons (Fsp3) is 0.381. The van der Waals surface area contributed by atoms with Crippen molar-refractivity contribution in [3.8, 4) is 5.69 Å². The molecule has 2 aliphatic rings. The molecule has 0 unspecified atom stereocenters. The summed E-state index contributed by atoms with van der Waals surface area (Å²) < 4.78 is 2.26. The van der Waals surface area contributed by atoms with Gasteiger partial charge in [0.1, 0.15) is 5.82 Å². The molecule has 0 saturated heterocycles. The topological polar surface area (TPSA) is 55.6 Å². The van der Waals surface area contributed by atoms with Gasteiger partial charge in [-0.15, -0.1) is 10.2 Å². The van der Waals surface area contributed by atoms with E-state index in [0.29, 0.717) is 11.8 Å². The van der Waals surface area contributed by atoms with Crippen molar-refractivity contribution >= 4 is 11.6 Å². The molecular weight excluding hydrogens is 358 g/mol. The highest BCUT2D eigenvalue weighted by Gasteiger charge is 2.30. The number of aromatic nitrogens is 4. The van der Waals surface area contributed by atoms with Gasteiger partial charge < -0.3 is 5.32 Å². The highest BCUT2D eigenvalue weighted by molar-refractivity contribution is 6.30. The molecule has 1 aliphatic carbocycles. The second-order valence-electron chi connectivity index (χ2n) is 7.49. The summed E-state index contributed by atoms with van der Waals surface area (Å²) >= 11 is 6.22. The maximum absolute atomic E-state index is 6.22. The molecule has 0 spiro atoms. The highest BCUT2D eigenvalue weighted by Crippen LogP contribution is 2.40. The van der Waals surface area contributed by atoms with Crippen LogP contribution < -0.4 is 5.32 Å². The molecule has 138 valence electrons.